The van der Waals surface area contributed by atoms with Crippen molar-refractivity contribution < 1.29 is 4.79 Å². The van der Waals surface area contributed by atoms with Crippen molar-refractivity contribution in [3.8, 4) is 0 Å². The molecule has 2 aromatic rings. The molecule has 0 bridgehead atoms. The predicted molar refractivity (Wildman–Crippen MR) is 50.0 cm³/mol. The summed E-state index contributed by atoms with van der Waals surface area (Å²) in [4.78, 5) is 19.2. The van der Waals surface area contributed by atoms with Gasteiger partial charge in [0, 0.05) is 12.4 Å². The van der Waals surface area contributed by atoms with Gasteiger partial charge in [0.25, 0.3) is 0 Å². The average Bonchev–Trinajstić information content (AvgIpc) is 2.91. The number of rotatable bonds is 2. The van der Waals surface area contributed by atoms with Gasteiger partial charge in [0.1, 0.15) is 6.29 Å². The Morgan fingerprint density at radius 1 is 1.43 bits per heavy atom. The maximum absolute atomic E-state index is 11.0. The van der Waals surface area contributed by atoms with Gasteiger partial charge in [0.05, 0.1) is 23.5 Å². The Bertz CT molecular complexity index is 499. The van der Waals surface area contributed by atoms with Crippen LogP contribution in [-0.4, -0.2) is 20.7 Å². The molecule has 0 amide bonds. The fraction of sp³-hybridized carbons (Fsp3) is 0.300. The van der Waals surface area contributed by atoms with E-state index in [4.69, 9.17) is 0 Å². The van der Waals surface area contributed by atoms with Gasteiger partial charge in [-0.1, -0.05) is 0 Å². The van der Waals surface area contributed by atoms with Gasteiger partial charge in [-0.25, -0.2) is 4.98 Å². The van der Waals surface area contributed by atoms with Crippen LogP contribution in [0.15, 0.2) is 24.8 Å². The Kier molecular flexibility index (Phi) is 1.32. The zero-order valence-corrected chi connectivity index (χ0v) is 7.55. The van der Waals surface area contributed by atoms with Crippen LogP contribution in [-0.2, 0) is 10.2 Å². The van der Waals surface area contributed by atoms with E-state index in [9.17, 15) is 4.79 Å². The Morgan fingerprint density at radius 3 is 3.00 bits per heavy atom. The molecular weight excluding hydrogens is 178 g/mol. The summed E-state index contributed by atoms with van der Waals surface area (Å²) in [6, 6.07) is 0. The van der Waals surface area contributed by atoms with Gasteiger partial charge in [0.15, 0.2) is 5.65 Å². The maximum Gasteiger partial charge on any atom is 0.155 e. The summed E-state index contributed by atoms with van der Waals surface area (Å²) in [7, 11) is 0. The highest BCUT2D eigenvalue weighted by atomic mass is 16.1. The van der Waals surface area contributed by atoms with E-state index in [1.54, 1.807) is 18.6 Å². The van der Waals surface area contributed by atoms with Gasteiger partial charge in [-0.2, -0.15) is 0 Å². The standard InChI is InChI=1S/C10H9N3O/c14-7-10(1-2-10)8-5-12-9-6-11-3-4-13(8)9/h3-7H,1-2H2. The summed E-state index contributed by atoms with van der Waals surface area (Å²) in [6.07, 6.45) is 9.94. The normalized spacial score (nSPS) is 18.3. The van der Waals surface area contributed by atoms with Crippen LogP contribution in [0.5, 0.6) is 0 Å². The molecule has 0 unspecified atom stereocenters. The van der Waals surface area contributed by atoms with Crippen molar-refractivity contribution in [1.29, 1.82) is 0 Å². The van der Waals surface area contributed by atoms with Crippen molar-refractivity contribution in [2.45, 2.75) is 18.3 Å². The molecule has 14 heavy (non-hydrogen) atoms. The maximum atomic E-state index is 11.0. The van der Waals surface area contributed by atoms with Crippen LogP contribution in [0.25, 0.3) is 5.65 Å². The lowest BCUT2D eigenvalue weighted by molar-refractivity contribution is -0.110. The van der Waals surface area contributed by atoms with Crippen molar-refractivity contribution in [2.75, 3.05) is 0 Å². The lowest BCUT2D eigenvalue weighted by Crippen LogP contribution is -2.10. The molecular formula is C10H9N3O. The van der Waals surface area contributed by atoms with Gasteiger partial charge in [0.2, 0.25) is 0 Å². The molecule has 70 valence electrons. The summed E-state index contributed by atoms with van der Waals surface area (Å²) in [6.45, 7) is 0. The molecule has 0 aliphatic heterocycles. The number of hydrogen-bond acceptors (Lipinski definition) is 3. The molecule has 1 aliphatic rings. The third kappa shape index (κ3) is 0.852. The van der Waals surface area contributed by atoms with Crippen molar-refractivity contribution in [3.05, 3.63) is 30.5 Å². The minimum Gasteiger partial charge on any atom is -0.302 e. The topological polar surface area (TPSA) is 47.3 Å². The first-order valence-corrected chi connectivity index (χ1v) is 4.60. The molecule has 3 rings (SSSR count). The zero-order valence-electron chi connectivity index (χ0n) is 7.55. The molecule has 4 heteroatoms. The van der Waals surface area contributed by atoms with Gasteiger partial charge in [-0.05, 0) is 12.8 Å². The predicted octanol–water partition coefficient (Wildman–Crippen LogP) is 0.960. The number of carbonyl (C=O) groups is 1. The van der Waals surface area contributed by atoms with Gasteiger partial charge < -0.3 is 9.20 Å². The highest BCUT2D eigenvalue weighted by Gasteiger charge is 2.46. The molecule has 1 aliphatic carbocycles. The largest absolute Gasteiger partial charge is 0.302 e. The molecule has 4 nitrogen and oxygen atoms in total. The third-order valence-corrected chi connectivity index (χ3v) is 2.84. The lowest BCUT2D eigenvalue weighted by atomic mass is 10.1. The van der Waals surface area contributed by atoms with Gasteiger partial charge in [-0.3, -0.25) is 4.98 Å². The van der Waals surface area contributed by atoms with E-state index in [-0.39, 0.29) is 5.41 Å². The molecule has 0 atom stereocenters. The average molecular weight is 187 g/mol. The van der Waals surface area contributed by atoms with E-state index in [1.165, 1.54) is 0 Å². The number of imidazole rings is 1. The summed E-state index contributed by atoms with van der Waals surface area (Å²) in [5, 5.41) is 0. The van der Waals surface area contributed by atoms with E-state index in [0.29, 0.717) is 0 Å². The number of fused-ring (bicyclic) bond motifs is 1. The first-order chi connectivity index (χ1) is 6.86. The van der Waals surface area contributed by atoms with E-state index in [2.05, 4.69) is 9.97 Å². The van der Waals surface area contributed by atoms with Crippen LogP contribution in [0.2, 0.25) is 0 Å². The molecule has 0 saturated heterocycles. The van der Waals surface area contributed by atoms with Crippen LogP contribution in [0, 0.1) is 0 Å². The first kappa shape index (κ1) is 7.67. The molecule has 0 radical (unpaired) electrons. The van der Waals surface area contributed by atoms with Crippen LogP contribution < -0.4 is 0 Å². The molecule has 0 spiro atoms. The monoisotopic (exact) mass is 187 g/mol. The Balaban J connectivity index is 2.27. The van der Waals surface area contributed by atoms with E-state index in [1.807, 2.05) is 10.6 Å². The molecule has 0 N–H and O–H groups in total. The fourth-order valence-corrected chi connectivity index (χ4v) is 1.78. The van der Waals surface area contributed by atoms with Crippen molar-refractivity contribution in [3.63, 3.8) is 0 Å². The van der Waals surface area contributed by atoms with Crippen molar-refractivity contribution in [2.24, 2.45) is 0 Å². The van der Waals surface area contributed by atoms with Gasteiger partial charge >= 0.3 is 0 Å². The summed E-state index contributed by atoms with van der Waals surface area (Å²) >= 11 is 0. The van der Waals surface area contributed by atoms with E-state index in [0.717, 1.165) is 30.5 Å². The Morgan fingerprint density at radius 2 is 2.29 bits per heavy atom. The third-order valence-electron chi connectivity index (χ3n) is 2.84. The molecule has 0 aromatic carbocycles. The van der Waals surface area contributed by atoms with Crippen molar-refractivity contribution in [1.82, 2.24) is 14.4 Å². The van der Waals surface area contributed by atoms with Gasteiger partial charge in [-0.15, -0.1) is 0 Å². The first-order valence-electron chi connectivity index (χ1n) is 4.60. The van der Waals surface area contributed by atoms with Crippen molar-refractivity contribution >= 4 is 11.9 Å². The second-order valence-corrected chi connectivity index (χ2v) is 3.72. The minimum atomic E-state index is -0.263. The van der Waals surface area contributed by atoms with Crippen LogP contribution in [0.3, 0.4) is 0 Å². The van der Waals surface area contributed by atoms with E-state index < -0.39 is 0 Å². The Labute approximate surface area is 80.6 Å². The highest BCUT2D eigenvalue weighted by Crippen LogP contribution is 2.46. The Hall–Kier alpha value is -1.71. The number of nitrogens with zero attached hydrogens (tertiary/aromatic N) is 3. The quantitative estimate of drug-likeness (QED) is 0.658. The zero-order chi connectivity index (χ0) is 9.60. The highest BCUT2D eigenvalue weighted by molar-refractivity contribution is 5.72. The number of hydrogen-bond donors (Lipinski definition) is 0. The lowest BCUT2D eigenvalue weighted by Gasteiger charge is -2.05. The molecule has 2 heterocycles. The second-order valence-electron chi connectivity index (χ2n) is 3.72. The smallest absolute Gasteiger partial charge is 0.155 e. The molecule has 1 saturated carbocycles. The van der Waals surface area contributed by atoms with Crippen LogP contribution in [0.1, 0.15) is 18.5 Å². The molecule has 2 aromatic heterocycles. The number of aldehydes is 1. The fourth-order valence-electron chi connectivity index (χ4n) is 1.78. The number of aromatic nitrogens is 3. The van der Waals surface area contributed by atoms with Crippen LogP contribution >= 0.6 is 0 Å². The van der Waals surface area contributed by atoms with Crippen LogP contribution in [0.4, 0.5) is 0 Å². The summed E-state index contributed by atoms with van der Waals surface area (Å²) in [5.41, 5.74) is 1.53. The molecule has 1 fully saturated rings. The van der Waals surface area contributed by atoms with E-state index >= 15 is 0 Å². The SMILES string of the molecule is O=CC1(c2cnc3cnccn23)CC1. The number of carbonyl (C=O) groups excluding carboxylic acids is 1. The second kappa shape index (κ2) is 2.41. The summed E-state index contributed by atoms with van der Waals surface area (Å²) < 4.78 is 1.94. The summed E-state index contributed by atoms with van der Waals surface area (Å²) in [5.74, 6) is 0. The minimum absolute atomic E-state index is 0.263.